The summed E-state index contributed by atoms with van der Waals surface area (Å²) in [5.41, 5.74) is 6.89. The number of aromatic nitrogens is 3. The molecule has 0 atom stereocenters. The van der Waals surface area contributed by atoms with E-state index in [1.807, 2.05) is 0 Å². The maximum Gasteiger partial charge on any atom is 0.280 e. The van der Waals surface area contributed by atoms with Crippen LogP contribution in [-0.4, -0.2) is 23.2 Å². The van der Waals surface area contributed by atoms with E-state index in [1.165, 1.54) is 23.1 Å². The number of hydrogen-bond acceptors (Lipinski definition) is 5. The number of sulfonamides is 1. The van der Waals surface area contributed by atoms with Gasteiger partial charge in [0.05, 0.1) is 18.1 Å². The van der Waals surface area contributed by atoms with E-state index in [0.717, 1.165) is 5.56 Å². The van der Waals surface area contributed by atoms with E-state index in [4.69, 9.17) is 5.73 Å². The Balaban J connectivity index is 2.34. The molecule has 0 radical (unpaired) electrons. The second-order valence-electron chi connectivity index (χ2n) is 3.82. The molecule has 0 saturated heterocycles. The topological polar surface area (TPSA) is 103 Å². The molecule has 2 aromatic rings. The van der Waals surface area contributed by atoms with E-state index >= 15 is 0 Å². The van der Waals surface area contributed by atoms with Crippen molar-refractivity contribution in [2.45, 2.75) is 11.9 Å². The largest absolute Gasteiger partial charge is 0.397 e. The van der Waals surface area contributed by atoms with Crippen LogP contribution in [0.2, 0.25) is 0 Å². The molecule has 96 valence electrons. The number of nitrogens with zero attached hydrogens (tertiary/aromatic N) is 3. The number of pyridine rings is 1. The highest BCUT2D eigenvalue weighted by atomic mass is 32.2. The summed E-state index contributed by atoms with van der Waals surface area (Å²) in [6.07, 6.45) is 2.83. The molecule has 0 aliphatic heterocycles. The second kappa shape index (κ2) is 4.30. The maximum absolute atomic E-state index is 12.0. The van der Waals surface area contributed by atoms with Gasteiger partial charge in [-0.3, -0.25) is 9.40 Å². The molecule has 0 aliphatic rings. The van der Waals surface area contributed by atoms with Crippen LogP contribution in [0.3, 0.4) is 0 Å². The zero-order valence-corrected chi connectivity index (χ0v) is 10.8. The summed E-state index contributed by atoms with van der Waals surface area (Å²) in [6.45, 7) is 1.78. The summed E-state index contributed by atoms with van der Waals surface area (Å²) in [5.74, 6) is 0.225. The first-order valence-corrected chi connectivity index (χ1v) is 6.61. The number of anilines is 2. The molecule has 3 N–H and O–H groups in total. The Hall–Kier alpha value is -2.09. The number of hydrogen-bond donors (Lipinski definition) is 2. The van der Waals surface area contributed by atoms with Crippen LogP contribution in [0.1, 0.15) is 5.56 Å². The number of nitrogen functional groups attached to an aromatic ring is 1. The van der Waals surface area contributed by atoms with Crippen LogP contribution in [0.4, 0.5) is 11.5 Å². The lowest BCUT2D eigenvalue weighted by Crippen LogP contribution is -2.17. The van der Waals surface area contributed by atoms with Gasteiger partial charge in [-0.15, -0.1) is 0 Å². The quantitative estimate of drug-likeness (QED) is 0.843. The monoisotopic (exact) mass is 267 g/mol. The van der Waals surface area contributed by atoms with Crippen molar-refractivity contribution in [1.29, 1.82) is 0 Å². The molecule has 0 fully saturated rings. The fraction of sp³-hybridized carbons (Fsp3) is 0.200. The lowest BCUT2D eigenvalue weighted by molar-refractivity contribution is 0.582. The van der Waals surface area contributed by atoms with Gasteiger partial charge in [-0.2, -0.15) is 13.5 Å². The molecule has 0 aromatic carbocycles. The fourth-order valence-electron chi connectivity index (χ4n) is 1.44. The summed E-state index contributed by atoms with van der Waals surface area (Å²) in [7, 11) is -2.13. The minimum Gasteiger partial charge on any atom is -0.397 e. The van der Waals surface area contributed by atoms with E-state index in [9.17, 15) is 8.42 Å². The Morgan fingerprint density at radius 1 is 1.44 bits per heavy atom. The van der Waals surface area contributed by atoms with Gasteiger partial charge in [-0.25, -0.2) is 4.98 Å². The highest BCUT2D eigenvalue weighted by molar-refractivity contribution is 7.92. The van der Waals surface area contributed by atoms with Crippen molar-refractivity contribution < 1.29 is 8.42 Å². The molecule has 0 saturated carbocycles. The normalized spacial score (nSPS) is 11.4. The van der Waals surface area contributed by atoms with Crippen molar-refractivity contribution in [3.63, 3.8) is 0 Å². The van der Waals surface area contributed by atoms with Crippen molar-refractivity contribution in [1.82, 2.24) is 14.8 Å². The predicted molar refractivity (Wildman–Crippen MR) is 67.4 cm³/mol. The Morgan fingerprint density at radius 2 is 2.17 bits per heavy atom. The molecule has 0 spiro atoms. The molecule has 2 aromatic heterocycles. The van der Waals surface area contributed by atoms with Gasteiger partial charge < -0.3 is 5.73 Å². The summed E-state index contributed by atoms with van der Waals surface area (Å²) < 4.78 is 27.7. The van der Waals surface area contributed by atoms with Gasteiger partial charge in [0.25, 0.3) is 10.0 Å². The fourth-order valence-corrected chi connectivity index (χ4v) is 2.56. The van der Waals surface area contributed by atoms with Gasteiger partial charge in [-0.05, 0) is 24.6 Å². The molecular formula is C10H13N5O2S. The van der Waals surface area contributed by atoms with Crippen molar-refractivity contribution in [3.05, 3.63) is 30.1 Å². The minimum atomic E-state index is -3.68. The van der Waals surface area contributed by atoms with Crippen LogP contribution >= 0.6 is 0 Å². The van der Waals surface area contributed by atoms with Gasteiger partial charge in [0.1, 0.15) is 5.82 Å². The van der Waals surface area contributed by atoms with Gasteiger partial charge in [-0.1, -0.05) is 0 Å². The van der Waals surface area contributed by atoms with Crippen LogP contribution in [0.15, 0.2) is 29.6 Å². The third-order valence-electron chi connectivity index (χ3n) is 2.44. The van der Waals surface area contributed by atoms with Crippen LogP contribution < -0.4 is 10.5 Å². The number of nitrogens with two attached hydrogens (primary N) is 1. The van der Waals surface area contributed by atoms with Crippen LogP contribution in [0.25, 0.3) is 0 Å². The molecule has 7 nitrogen and oxygen atoms in total. The first kappa shape index (κ1) is 12.4. The number of rotatable bonds is 3. The average molecular weight is 267 g/mol. The Labute approximate surface area is 105 Å². The zero-order chi connectivity index (χ0) is 13.3. The SMILES string of the molecule is Cc1cc(NS(=O)(=O)c2ccnn2C)ncc1N. The van der Waals surface area contributed by atoms with E-state index in [1.54, 1.807) is 20.0 Å². The lowest BCUT2D eigenvalue weighted by atomic mass is 10.2. The van der Waals surface area contributed by atoms with Gasteiger partial charge in [0, 0.05) is 7.05 Å². The second-order valence-corrected chi connectivity index (χ2v) is 5.45. The Bertz CT molecular complexity index is 677. The third-order valence-corrected chi connectivity index (χ3v) is 3.87. The van der Waals surface area contributed by atoms with Crippen molar-refractivity contribution in [3.8, 4) is 0 Å². The first-order chi connectivity index (χ1) is 8.40. The molecule has 0 unspecified atom stereocenters. The van der Waals surface area contributed by atoms with Gasteiger partial charge >= 0.3 is 0 Å². The number of aryl methyl sites for hydroxylation is 2. The molecule has 0 amide bonds. The van der Waals surface area contributed by atoms with E-state index in [2.05, 4.69) is 14.8 Å². The lowest BCUT2D eigenvalue weighted by Gasteiger charge is -2.08. The summed E-state index contributed by atoms with van der Waals surface area (Å²) in [5, 5.41) is 3.88. The number of nitrogens with one attached hydrogen (secondary N) is 1. The molecular weight excluding hydrogens is 254 g/mol. The molecule has 0 bridgehead atoms. The Morgan fingerprint density at radius 3 is 2.72 bits per heavy atom. The van der Waals surface area contributed by atoms with Crippen molar-refractivity contribution in [2.24, 2.45) is 7.05 Å². The smallest absolute Gasteiger partial charge is 0.280 e. The summed E-state index contributed by atoms with van der Waals surface area (Å²) >= 11 is 0. The van der Waals surface area contributed by atoms with Gasteiger partial charge in [0.2, 0.25) is 0 Å². The van der Waals surface area contributed by atoms with Crippen molar-refractivity contribution >= 4 is 21.5 Å². The van der Waals surface area contributed by atoms with E-state index < -0.39 is 10.0 Å². The average Bonchev–Trinajstić information content (AvgIpc) is 2.70. The zero-order valence-electron chi connectivity index (χ0n) is 9.95. The van der Waals surface area contributed by atoms with Crippen molar-refractivity contribution in [2.75, 3.05) is 10.5 Å². The summed E-state index contributed by atoms with van der Waals surface area (Å²) in [4.78, 5) is 3.92. The highest BCUT2D eigenvalue weighted by Gasteiger charge is 2.18. The molecule has 8 heteroatoms. The van der Waals surface area contributed by atoms with Crippen LogP contribution in [0, 0.1) is 6.92 Å². The van der Waals surface area contributed by atoms with E-state index in [0.29, 0.717) is 5.69 Å². The van der Waals surface area contributed by atoms with Gasteiger partial charge in [0.15, 0.2) is 5.03 Å². The highest BCUT2D eigenvalue weighted by Crippen LogP contribution is 2.17. The molecule has 2 rings (SSSR count). The molecule has 2 heterocycles. The summed E-state index contributed by atoms with van der Waals surface area (Å²) in [6, 6.07) is 2.98. The molecule has 18 heavy (non-hydrogen) atoms. The first-order valence-electron chi connectivity index (χ1n) is 5.13. The minimum absolute atomic E-state index is 0.0683. The van der Waals surface area contributed by atoms with E-state index in [-0.39, 0.29) is 10.8 Å². The standard InChI is InChI=1S/C10H13N5O2S/c1-7-5-9(12-6-8(7)11)14-18(16,17)10-3-4-13-15(10)2/h3-6H,11H2,1-2H3,(H,12,14). The molecule has 0 aliphatic carbocycles. The maximum atomic E-state index is 12.0. The van der Waals surface area contributed by atoms with Crippen LogP contribution in [-0.2, 0) is 17.1 Å². The third kappa shape index (κ3) is 2.28. The predicted octanol–water partition coefficient (Wildman–Crippen LogP) is 0.507. The Kier molecular flexibility index (Phi) is 2.95. The van der Waals surface area contributed by atoms with Crippen LogP contribution in [0.5, 0.6) is 0 Å².